The number of likely N-dealkylation sites (tertiary alicyclic amines) is 1. The van der Waals surface area contributed by atoms with E-state index < -0.39 is 41.5 Å². The summed E-state index contributed by atoms with van der Waals surface area (Å²) in [4.78, 5) is 68.9. The first-order valence-electron chi connectivity index (χ1n) is 27.5. The lowest BCUT2D eigenvalue weighted by Gasteiger charge is -2.35. The number of amides is 4. The number of nitrogens with one attached hydrogen (secondary N) is 4. The van der Waals surface area contributed by atoms with Crippen LogP contribution in [0.2, 0.25) is 0 Å². The molecule has 6 aromatic rings. The Morgan fingerprint density at radius 3 is 2.19 bits per heavy atom. The predicted octanol–water partition coefficient (Wildman–Crippen LogP) is 9.71. The van der Waals surface area contributed by atoms with Gasteiger partial charge in [0.15, 0.2) is 5.82 Å². The van der Waals surface area contributed by atoms with Crippen LogP contribution in [0.3, 0.4) is 0 Å². The number of carbonyl (C=O) groups is 4. The molecule has 4 heterocycles. The summed E-state index contributed by atoms with van der Waals surface area (Å²) < 4.78 is 13.7. The number of ether oxygens (including phenoxy) is 2. The van der Waals surface area contributed by atoms with Gasteiger partial charge in [0.1, 0.15) is 36.3 Å². The monoisotopic (exact) mass is 1080 g/mol. The van der Waals surface area contributed by atoms with E-state index in [9.17, 15) is 24.3 Å². The number of nitrogens with zero attached hydrogens (tertiary/aromatic N) is 6. The third-order valence-corrected chi connectivity index (χ3v) is 15.1. The number of aliphatic hydroxyl groups excluding tert-OH is 1. The van der Waals surface area contributed by atoms with E-state index in [1.165, 1.54) is 10.5 Å². The van der Waals surface area contributed by atoms with Crippen LogP contribution in [0.1, 0.15) is 120 Å². The van der Waals surface area contributed by atoms with Crippen molar-refractivity contribution in [2.75, 3.05) is 31.7 Å². The fourth-order valence-corrected chi connectivity index (χ4v) is 10.3. The Hall–Kier alpha value is -8.02. The lowest BCUT2D eigenvalue weighted by atomic mass is 9.85. The zero-order valence-corrected chi connectivity index (χ0v) is 48.0. The lowest BCUT2D eigenvalue weighted by Crippen LogP contribution is -2.58. The number of imidazole rings is 1. The maximum Gasteiger partial charge on any atom is 0.246 e. The number of aromatic amines is 1. The van der Waals surface area contributed by atoms with Crippen LogP contribution in [-0.4, -0.2) is 109 Å². The van der Waals surface area contributed by atoms with Crippen LogP contribution in [0.15, 0.2) is 119 Å². The van der Waals surface area contributed by atoms with E-state index >= 15 is 0 Å². The number of hydrogen-bond donors (Lipinski definition) is 5. The third-order valence-electron chi connectivity index (χ3n) is 15.1. The molecule has 1 fully saturated rings. The molecule has 5 N–H and O–H groups in total. The summed E-state index contributed by atoms with van der Waals surface area (Å²) in [6.07, 6.45) is 2.32. The van der Waals surface area contributed by atoms with Crippen molar-refractivity contribution in [3.05, 3.63) is 154 Å². The summed E-state index contributed by atoms with van der Waals surface area (Å²) in [7, 11) is 0. The maximum atomic E-state index is 14.1. The van der Waals surface area contributed by atoms with Gasteiger partial charge in [0, 0.05) is 48.5 Å². The highest BCUT2D eigenvalue weighted by Gasteiger charge is 2.44. The largest absolute Gasteiger partial charge is 0.494 e. The number of benzene rings is 4. The Balaban J connectivity index is 0.800. The molecule has 2 aliphatic rings. The number of aliphatic imine (C=N–C) groups is 1. The molecular formula is C63H76N10O7. The predicted molar refractivity (Wildman–Crippen MR) is 312 cm³/mol. The number of rotatable bonds is 20. The van der Waals surface area contributed by atoms with Gasteiger partial charge >= 0.3 is 0 Å². The minimum atomic E-state index is -0.976. The zero-order valence-electron chi connectivity index (χ0n) is 48.0. The number of anilines is 1. The van der Waals surface area contributed by atoms with Crippen molar-refractivity contribution in [3.8, 4) is 28.1 Å². The van der Waals surface area contributed by atoms with Gasteiger partial charge < -0.3 is 40.4 Å². The van der Waals surface area contributed by atoms with Crippen molar-refractivity contribution in [1.29, 1.82) is 0 Å². The second kappa shape index (κ2) is 25.4. The smallest absolute Gasteiger partial charge is 0.246 e. The highest BCUT2D eigenvalue weighted by molar-refractivity contribution is 6.18. The van der Waals surface area contributed by atoms with E-state index in [1.807, 2.05) is 113 Å². The van der Waals surface area contributed by atoms with Crippen LogP contribution in [-0.2, 0) is 30.5 Å². The molecule has 0 saturated carbocycles. The van der Waals surface area contributed by atoms with Gasteiger partial charge in [-0.2, -0.15) is 0 Å². The minimum Gasteiger partial charge on any atom is -0.494 e. The van der Waals surface area contributed by atoms with Crippen LogP contribution < -0.4 is 20.7 Å². The van der Waals surface area contributed by atoms with Gasteiger partial charge in [-0.1, -0.05) is 106 Å². The summed E-state index contributed by atoms with van der Waals surface area (Å²) in [6.45, 7) is 22.5. The van der Waals surface area contributed by atoms with Crippen LogP contribution in [0.4, 0.5) is 5.69 Å². The van der Waals surface area contributed by atoms with Crippen molar-refractivity contribution < 1.29 is 33.8 Å². The molecule has 4 atom stereocenters. The van der Waals surface area contributed by atoms with Crippen LogP contribution in [0.25, 0.3) is 28.1 Å². The van der Waals surface area contributed by atoms with Gasteiger partial charge in [-0.15, -0.1) is 10.2 Å². The number of hydrogen-bond acceptors (Lipinski definition) is 11. The molecule has 2 aliphatic heterocycles. The Bertz CT molecular complexity index is 3310. The fourth-order valence-electron chi connectivity index (χ4n) is 10.3. The van der Waals surface area contributed by atoms with Crippen molar-refractivity contribution in [2.45, 2.75) is 133 Å². The van der Waals surface area contributed by atoms with Crippen LogP contribution in [0.5, 0.6) is 5.75 Å². The number of fused-ring (bicyclic) bond motifs is 1. The molecule has 2 aromatic heterocycles. The third kappa shape index (κ3) is 13.7. The van der Waals surface area contributed by atoms with Gasteiger partial charge in [0.2, 0.25) is 23.6 Å². The molecule has 8 rings (SSSR count). The number of H-pyrrole nitrogens is 1. The van der Waals surface area contributed by atoms with Crippen molar-refractivity contribution in [1.82, 2.24) is 40.3 Å². The van der Waals surface area contributed by atoms with E-state index in [4.69, 9.17) is 14.5 Å². The summed E-state index contributed by atoms with van der Waals surface area (Å²) in [6, 6.07) is 27.3. The van der Waals surface area contributed by atoms with Gasteiger partial charge in [-0.25, -0.2) is 4.98 Å². The molecule has 0 spiro atoms. The van der Waals surface area contributed by atoms with Crippen LogP contribution in [0, 0.1) is 33.1 Å². The molecule has 80 heavy (non-hydrogen) atoms. The fraction of sp³-hybridized carbons (Fsp3) is 0.397. The quantitative estimate of drug-likeness (QED) is 0.0456. The van der Waals surface area contributed by atoms with E-state index in [2.05, 4.69) is 95.0 Å². The molecule has 0 bridgehead atoms. The first kappa shape index (κ1) is 58.1. The highest BCUT2D eigenvalue weighted by Crippen LogP contribution is 2.37. The van der Waals surface area contributed by atoms with Crippen molar-refractivity contribution in [2.24, 2.45) is 10.4 Å². The molecule has 17 heteroatoms. The standard InChI is InChI=1S/C63H76N10O7/c1-12-38(3)40(5)56-42(7)73-43(8)70-71-60(73)52(68-58(56)47-18-14-37(2)15-19-47)32-54(75)67-51-27-24-48(30-39(51)4)45-22-25-50(26-23-45)80-29-13-28-79-35-55(76)69-59(63(9,10)11)62(78)72-34-49(74)31-53(72)61(77)64-33-44-16-20-46(21-17-44)57-41(6)65-36-66-57/h14-27,30,36,49,52-53,59,74H,12-13,28-29,31-35H2,1-11H3,(H,64,77)(H,65,66)(H,67,75)(H,69,76)/b40-38-/t49?,52?,53-,59+/m0/s1. The second-order valence-electron chi connectivity index (χ2n) is 22.1. The molecule has 4 amide bonds. The SMILES string of the molecule is CC/C(C)=C(/C)C1=C(C)n2c(C)nnc2C(CC(=O)Nc2ccc(-c3ccc(OCCCOCC(=O)N[C@H](C(=O)N4CC(O)C[C@H]4C(=O)NCc4ccc(-c5[nH]cnc5C)cc4)C(C)(C)C)cc3)cc2C)N=C1c1ccc(C)cc1. The van der Waals surface area contributed by atoms with Gasteiger partial charge in [0.25, 0.3) is 0 Å². The van der Waals surface area contributed by atoms with Crippen molar-refractivity contribution in [3.63, 3.8) is 0 Å². The number of aryl methyl sites for hydroxylation is 4. The Morgan fingerprint density at radius 2 is 1.52 bits per heavy atom. The molecule has 0 aliphatic carbocycles. The molecule has 420 valence electrons. The first-order chi connectivity index (χ1) is 38.2. The molecule has 4 aromatic carbocycles. The molecule has 1 saturated heterocycles. The number of allylic oxidation sites excluding steroid dienone is 4. The molecule has 17 nitrogen and oxygen atoms in total. The molecular weight excluding hydrogens is 1010 g/mol. The summed E-state index contributed by atoms with van der Waals surface area (Å²) >= 11 is 0. The average molecular weight is 1090 g/mol. The van der Waals surface area contributed by atoms with Gasteiger partial charge in [-0.05, 0) is 118 Å². The van der Waals surface area contributed by atoms with Crippen molar-refractivity contribution >= 4 is 40.7 Å². The highest BCUT2D eigenvalue weighted by atomic mass is 16.5. The minimum absolute atomic E-state index is 0.0245. The van der Waals surface area contributed by atoms with E-state index in [0.29, 0.717) is 30.3 Å². The molecule has 2 unspecified atom stereocenters. The number of aromatic nitrogens is 5. The Morgan fingerprint density at radius 1 is 0.838 bits per heavy atom. The lowest BCUT2D eigenvalue weighted by molar-refractivity contribution is -0.144. The van der Waals surface area contributed by atoms with E-state index in [0.717, 1.165) is 85.1 Å². The summed E-state index contributed by atoms with van der Waals surface area (Å²) in [5.74, 6) is 0.553. The van der Waals surface area contributed by atoms with Gasteiger partial charge in [-0.3, -0.25) is 28.7 Å². The number of carbonyl (C=O) groups excluding carboxylic acids is 4. The average Bonchev–Trinajstić information content (AvgIpc) is 4.20. The number of β-amino-alcohol motifs (C(OH)–C–C–N with tert-alkyl or cyclic N) is 1. The number of aliphatic hydroxyl groups is 1. The zero-order chi connectivity index (χ0) is 57.4. The maximum absolute atomic E-state index is 14.1. The topological polar surface area (TPSA) is 218 Å². The van der Waals surface area contributed by atoms with E-state index in [-0.39, 0.29) is 51.0 Å². The molecule has 0 radical (unpaired) electrons. The Labute approximate surface area is 469 Å². The first-order valence-corrected chi connectivity index (χ1v) is 27.5. The summed E-state index contributed by atoms with van der Waals surface area (Å²) in [5, 5.41) is 28.6. The van der Waals surface area contributed by atoms with Gasteiger partial charge in [0.05, 0.1) is 49.2 Å². The van der Waals surface area contributed by atoms with E-state index in [1.54, 1.807) is 6.33 Å². The van der Waals surface area contributed by atoms with Crippen LogP contribution >= 0.6 is 0 Å². The summed E-state index contributed by atoms with van der Waals surface area (Å²) in [5.41, 5.74) is 13.9. The second-order valence-corrected chi connectivity index (χ2v) is 22.1. The Kier molecular flexibility index (Phi) is 18.5. The normalized spacial score (nSPS) is 17.0.